The van der Waals surface area contributed by atoms with Gasteiger partial charge in [-0.1, -0.05) is 80.6 Å². The molecule has 0 atom stereocenters. The second-order valence-corrected chi connectivity index (χ2v) is 6.87. The van der Waals surface area contributed by atoms with E-state index in [9.17, 15) is 0 Å². The van der Waals surface area contributed by atoms with Crippen LogP contribution < -0.4 is 0 Å². The van der Waals surface area contributed by atoms with Gasteiger partial charge in [0, 0.05) is 0 Å². The van der Waals surface area contributed by atoms with Crippen LogP contribution in [0.25, 0.3) is 32.7 Å². The number of benzene rings is 4. The zero-order chi connectivity index (χ0) is 16.7. The molecule has 0 aliphatic rings. The molecule has 4 rings (SSSR count). The largest absolute Gasteiger partial charge is 0.0616 e. The zero-order valence-corrected chi connectivity index (χ0v) is 14.5. The highest BCUT2D eigenvalue weighted by Gasteiger charge is 2.14. The van der Waals surface area contributed by atoms with Crippen molar-refractivity contribution in [3.8, 4) is 11.1 Å². The summed E-state index contributed by atoms with van der Waals surface area (Å²) in [6.07, 6.45) is 0. The summed E-state index contributed by atoms with van der Waals surface area (Å²) >= 11 is 0. The Bertz CT molecular complexity index is 1030. The first-order valence-electron chi connectivity index (χ1n) is 8.67. The fourth-order valence-corrected chi connectivity index (χ4v) is 3.77. The van der Waals surface area contributed by atoms with E-state index in [1.165, 1.54) is 43.8 Å². The lowest BCUT2D eigenvalue weighted by molar-refractivity contribution is 0.876. The van der Waals surface area contributed by atoms with Crippen molar-refractivity contribution in [3.63, 3.8) is 0 Å². The molecule has 0 nitrogen and oxygen atoms in total. The van der Waals surface area contributed by atoms with Crippen molar-refractivity contribution in [2.75, 3.05) is 0 Å². The van der Waals surface area contributed by atoms with Crippen molar-refractivity contribution in [2.45, 2.75) is 26.7 Å². The standard InChI is InChI=1S/C24H22/c1-16(2)23-15-24(17(3)19-11-6-7-13-21(19)23)22-14-8-10-18-9-4-5-12-20(18)22/h4-16H,1-3H3. The lowest BCUT2D eigenvalue weighted by atomic mass is 9.86. The van der Waals surface area contributed by atoms with Crippen molar-refractivity contribution < 1.29 is 0 Å². The molecule has 118 valence electrons. The average molecular weight is 310 g/mol. The number of aryl methyl sites for hydroxylation is 1. The molecule has 0 spiro atoms. The molecule has 4 aromatic rings. The SMILES string of the molecule is Cc1c(-c2cccc3ccccc23)cc(C(C)C)c2ccccc12. The molecule has 0 saturated carbocycles. The highest BCUT2D eigenvalue weighted by Crippen LogP contribution is 2.38. The van der Waals surface area contributed by atoms with E-state index in [1.807, 2.05) is 0 Å². The van der Waals surface area contributed by atoms with Crippen LogP contribution >= 0.6 is 0 Å². The summed E-state index contributed by atoms with van der Waals surface area (Å²) in [7, 11) is 0. The molecule has 0 heteroatoms. The van der Waals surface area contributed by atoms with E-state index < -0.39 is 0 Å². The maximum absolute atomic E-state index is 2.41. The summed E-state index contributed by atoms with van der Waals surface area (Å²) in [5.41, 5.74) is 5.48. The van der Waals surface area contributed by atoms with Gasteiger partial charge < -0.3 is 0 Å². The third-order valence-corrected chi connectivity index (χ3v) is 5.05. The second kappa shape index (κ2) is 5.79. The van der Waals surface area contributed by atoms with Crippen LogP contribution in [0.3, 0.4) is 0 Å². The van der Waals surface area contributed by atoms with Gasteiger partial charge in [-0.2, -0.15) is 0 Å². The van der Waals surface area contributed by atoms with E-state index in [2.05, 4.69) is 93.6 Å². The monoisotopic (exact) mass is 310 g/mol. The molecule has 0 aliphatic carbocycles. The maximum Gasteiger partial charge on any atom is -0.0102 e. The minimum atomic E-state index is 0.504. The number of fused-ring (bicyclic) bond motifs is 2. The van der Waals surface area contributed by atoms with Crippen molar-refractivity contribution >= 4 is 21.5 Å². The van der Waals surface area contributed by atoms with Gasteiger partial charge in [0.15, 0.2) is 0 Å². The topological polar surface area (TPSA) is 0 Å². The van der Waals surface area contributed by atoms with Gasteiger partial charge >= 0.3 is 0 Å². The van der Waals surface area contributed by atoms with E-state index >= 15 is 0 Å². The first-order valence-corrected chi connectivity index (χ1v) is 8.67. The minimum Gasteiger partial charge on any atom is -0.0616 e. The molecule has 0 N–H and O–H groups in total. The van der Waals surface area contributed by atoms with Crippen molar-refractivity contribution in [3.05, 3.63) is 83.9 Å². The molecule has 4 aromatic carbocycles. The third kappa shape index (κ3) is 2.30. The van der Waals surface area contributed by atoms with Gasteiger partial charge in [0.25, 0.3) is 0 Å². The number of hydrogen-bond acceptors (Lipinski definition) is 0. The molecule has 0 aliphatic heterocycles. The van der Waals surface area contributed by atoms with Gasteiger partial charge in [0.1, 0.15) is 0 Å². The quantitative estimate of drug-likeness (QED) is 0.370. The summed E-state index contributed by atoms with van der Waals surface area (Å²) in [6.45, 7) is 6.82. The Hall–Kier alpha value is -2.60. The Morgan fingerprint density at radius 1 is 0.625 bits per heavy atom. The predicted molar refractivity (Wildman–Crippen MR) is 106 cm³/mol. The molecule has 0 radical (unpaired) electrons. The van der Waals surface area contributed by atoms with Gasteiger partial charge in [-0.3, -0.25) is 0 Å². The van der Waals surface area contributed by atoms with Crippen LogP contribution in [-0.2, 0) is 0 Å². The van der Waals surface area contributed by atoms with E-state index in [1.54, 1.807) is 0 Å². The van der Waals surface area contributed by atoms with Crippen LogP contribution in [-0.4, -0.2) is 0 Å². The first kappa shape index (κ1) is 15.0. The molecule has 0 amide bonds. The van der Waals surface area contributed by atoms with Gasteiger partial charge in [-0.15, -0.1) is 0 Å². The lowest BCUT2D eigenvalue weighted by Crippen LogP contribution is -1.95. The number of hydrogen-bond donors (Lipinski definition) is 0. The molecule has 0 saturated heterocycles. The van der Waals surface area contributed by atoms with E-state index in [0.29, 0.717) is 5.92 Å². The fraction of sp³-hybridized carbons (Fsp3) is 0.167. The highest BCUT2D eigenvalue weighted by atomic mass is 14.2. The molecule has 0 aromatic heterocycles. The average Bonchev–Trinajstić information content (AvgIpc) is 2.62. The lowest BCUT2D eigenvalue weighted by Gasteiger charge is -2.18. The second-order valence-electron chi connectivity index (χ2n) is 6.87. The maximum atomic E-state index is 2.41. The van der Waals surface area contributed by atoms with E-state index in [4.69, 9.17) is 0 Å². The van der Waals surface area contributed by atoms with E-state index in [0.717, 1.165) is 0 Å². The molecule has 0 heterocycles. The predicted octanol–water partition coefficient (Wildman–Crippen LogP) is 7.09. The summed E-state index contributed by atoms with van der Waals surface area (Å²) < 4.78 is 0. The molecule has 24 heavy (non-hydrogen) atoms. The third-order valence-electron chi connectivity index (χ3n) is 5.05. The summed E-state index contributed by atoms with van der Waals surface area (Å²) in [5.74, 6) is 0.504. The molecular formula is C24H22. The van der Waals surface area contributed by atoms with Crippen molar-refractivity contribution in [1.82, 2.24) is 0 Å². The fourth-order valence-electron chi connectivity index (χ4n) is 3.77. The van der Waals surface area contributed by atoms with Crippen molar-refractivity contribution in [2.24, 2.45) is 0 Å². The summed E-state index contributed by atoms with van der Waals surface area (Å²) in [4.78, 5) is 0. The first-order chi connectivity index (χ1) is 11.7. The molecular weight excluding hydrogens is 288 g/mol. The highest BCUT2D eigenvalue weighted by molar-refractivity contribution is 6.02. The normalized spacial score (nSPS) is 11.5. The van der Waals surface area contributed by atoms with Crippen molar-refractivity contribution in [1.29, 1.82) is 0 Å². The molecule has 0 fully saturated rings. The van der Waals surface area contributed by atoms with Crippen LogP contribution in [0.4, 0.5) is 0 Å². The Morgan fingerprint density at radius 2 is 1.25 bits per heavy atom. The number of rotatable bonds is 2. The minimum absolute atomic E-state index is 0.504. The van der Waals surface area contributed by atoms with Gasteiger partial charge in [0.05, 0.1) is 0 Å². The Labute approximate surface area is 143 Å². The van der Waals surface area contributed by atoms with Crippen LogP contribution in [0.15, 0.2) is 72.8 Å². The Balaban J connectivity index is 2.12. The summed E-state index contributed by atoms with van der Waals surface area (Å²) in [5, 5.41) is 5.38. The van der Waals surface area contributed by atoms with Crippen LogP contribution in [0.1, 0.15) is 30.9 Å². The molecule has 0 bridgehead atoms. The molecule has 0 unspecified atom stereocenters. The van der Waals surface area contributed by atoms with Gasteiger partial charge in [-0.05, 0) is 62.7 Å². The Kier molecular flexibility index (Phi) is 3.61. The van der Waals surface area contributed by atoms with Crippen LogP contribution in [0, 0.1) is 6.92 Å². The smallest absolute Gasteiger partial charge is 0.0102 e. The van der Waals surface area contributed by atoms with Gasteiger partial charge in [-0.25, -0.2) is 0 Å². The van der Waals surface area contributed by atoms with Gasteiger partial charge in [0.2, 0.25) is 0 Å². The Morgan fingerprint density at radius 3 is 2.00 bits per heavy atom. The van der Waals surface area contributed by atoms with E-state index in [-0.39, 0.29) is 0 Å². The van der Waals surface area contributed by atoms with Crippen LogP contribution in [0.5, 0.6) is 0 Å². The summed E-state index contributed by atoms with van der Waals surface area (Å²) in [6, 6.07) is 26.5. The zero-order valence-electron chi connectivity index (χ0n) is 14.5. The van der Waals surface area contributed by atoms with Crippen LogP contribution in [0.2, 0.25) is 0 Å².